The van der Waals surface area contributed by atoms with Gasteiger partial charge in [0.15, 0.2) is 0 Å². The molecule has 0 aliphatic heterocycles. The van der Waals surface area contributed by atoms with E-state index < -0.39 is 5.97 Å². The largest absolute Gasteiger partial charge is 0.478 e. The Hall–Kier alpha value is -2.14. The van der Waals surface area contributed by atoms with Crippen LogP contribution in [0.1, 0.15) is 22.3 Å². The van der Waals surface area contributed by atoms with Gasteiger partial charge in [-0.15, -0.1) is 0 Å². The third kappa shape index (κ3) is 5.24. The first-order valence-electron chi connectivity index (χ1n) is 6.30. The molecule has 0 saturated heterocycles. The zero-order valence-electron chi connectivity index (χ0n) is 11.7. The van der Waals surface area contributed by atoms with Gasteiger partial charge in [0, 0.05) is 38.9 Å². The van der Waals surface area contributed by atoms with E-state index in [1.807, 2.05) is 0 Å². The van der Waals surface area contributed by atoms with Crippen LogP contribution in [-0.4, -0.2) is 49.2 Å². The zero-order chi connectivity index (χ0) is 15.0. The number of carboxylic acids is 1. The van der Waals surface area contributed by atoms with Crippen molar-refractivity contribution in [3.63, 3.8) is 0 Å². The van der Waals surface area contributed by atoms with Gasteiger partial charge in [0.25, 0.3) is 5.91 Å². The highest BCUT2D eigenvalue weighted by molar-refractivity contribution is 5.95. The number of ether oxygens (including phenoxy) is 1. The van der Waals surface area contributed by atoms with Crippen molar-refractivity contribution in [1.82, 2.24) is 4.90 Å². The smallest absolute Gasteiger partial charge is 0.328 e. The number of methoxy groups -OCH3 is 1. The van der Waals surface area contributed by atoms with Crippen LogP contribution in [0.25, 0.3) is 6.08 Å². The van der Waals surface area contributed by atoms with Crippen LogP contribution in [0.4, 0.5) is 0 Å². The minimum atomic E-state index is -1.02. The first kappa shape index (κ1) is 15.9. The third-order valence-electron chi connectivity index (χ3n) is 2.74. The third-order valence-corrected chi connectivity index (χ3v) is 2.74. The highest BCUT2D eigenvalue weighted by Gasteiger charge is 2.11. The van der Waals surface area contributed by atoms with E-state index in [1.54, 1.807) is 43.3 Å². The molecule has 0 aromatic heterocycles. The van der Waals surface area contributed by atoms with Gasteiger partial charge in [0.2, 0.25) is 0 Å². The summed E-state index contributed by atoms with van der Waals surface area (Å²) >= 11 is 0. The van der Waals surface area contributed by atoms with Crippen LogP contribution in [0.15, 0.2) is 30.3 Å². The summed E-state index contributed by atoms with van der Waals surface area (Å²) in [5.41, 5.74) is 1.22. The van der Waals surface area contributed by atoms with Gasteiger partial charge in [-0.05, 0) is 30.2 Å². The van der Waals surface area contributed by atoms with Crippen LogP contribution in [0.5, 0.6) is 0 Å². The molecule has 108 valence electrons. The van der Waals surface area contributed by atoms with Crippen molar-refractivity contribution in [1.29, 1.82) is 0 Å². The molecule has 1 rings (SSSR count). The number of rotatable bonds is 7. The van der Waals surface area contributed by atoms with E-state index in [-0.39, 0.29) is 5.91 Å². The van der Waals surface area contributed by atoms with Gasteiger partial charge in [-0.3, -0.25) is 4.79 Å². The number of carbonyl (C=O) groups excluding carboxylic acids is 1. The maximum atomic E-state index is 12.2. The fourth-order valence-electron chi connectivity index (χ4n) is 1.71. The number of aliphatic carboxylic acids is 1. The predicted molar refractivity (Wildman–Crippen MR) is 76.6 cm³/mol. The van der Waals surface area contributed by atoms with Gasteiger partial charge in [-0.1, -0.05) is 12.1 Å². The van der Waals surface area contributed by atoms with Crippen LogP contribution in [0.2, 0.25) is 0 Å². The van der Waals surface area contributed by atoms with E-state index in [0.29, 0.717) is 24.3 Å². The summed E-state index contributed by atoms with van der Waals surface area (Å²) in [6.45, 7) is 1.22. The van der Waals surface area contributed by atoms with Crippen molar-refractivity contribution in [2.24, 2.45) is 0 Å². The summed E-state index contributed by atoms with van der Waals surface area (Å²) in [4.78, 5) is 24.3. The molecule has 0 aliphatic rings. The molecule has 20 heavy (non-hydrogen) atoms. The molecule has 1 aromatic rings. The Labute approximate surface area is 118 Å². The van der Waals surface area contributed by atoms with Gasteiger partial charge in [-0.2, -0.15) is 0 Å². The molecule has 5 heteroatoms. The Balaban J connectivity index is 2.73. The molecule has 5 nitrogen and oxygen atoms in total. The molecule has 1 aromatic carbocycles. The van der Waals surface area contributed by atoms with E-state index in [2.05, 4.69) is 0 Å². The van der Waals surface area contributed by atoms with Crippen LogP contribution < -0.4 is 0 Å². The second-order valence-electron chi connectivity index (χ2n) is 4.37. The number of hydrogen-bond acceptors (Lipinski definition) is 3. The standard InChI is InChI=1S/C15H19NO4/c1-16(9-4-10-20-2)15(19)13-6-3-5-12(11-13)7-8-14(17)18/h3,5-8,11H,4,9-10H2,1-2H3,(H,17,18). The summed E-state index contributed by atoms with van der Waals surface area (Å²) in [7, 11) is 3.36. The van der Waals surface area contributed by atoms with Crippen molar-refractivity contribution in [3.05, 3.63) is 41.5 Å². The normalized spacial score (nSPS) is 10.7. The maximum absolute atomic E-state index is 12.2. The minimum Gasteiger partial charge on any atom is -0.478 e. The highest BCUT2D eigenvalue weighted by atomic mass is 16.5. The average Bonchev–Trinajstić information content (AvgIpc) is 2.44. The molecule has 0 spiro atoms. The fourth-order valence-corrected chi connectivity index (χ4v) is 1.71. The number of benzene rings is 1. The van der Waals surface area contributed by atoms with E-state index in [0.717, 1.165) is 12.5 Å². The first-order valence-corrected chi connectivity index (χ1v) is 6.30. The molecule has 1 amide bonds. The van der Waals surface area contributed by atoms with Crippen molar-refractivity contribution in [2.45, 2.75) is 6.42 Å². The fraction of sp³-hybridized carbons (Fsp3) is 0.333. The quantitative estimate of drug-likeness (QED) is 0.610. The van der Waals surface area contributed by atoms with Crippen LogP contribution in [0.3, 0.4) is 0 Å². The number of hydrogen-bond donors (Lipinski definition) is 1. The number of amides is 1. The number of nitrogens with zero attached hydrogens (tertiary/aromatic N) is 1. The second kappa shape index (κ2) is 8.12. The van der Waals surface area contributed by atoms with Gasteiger partial charge in [0.05, 0.1) is 0 Å². The van der Waals surface area contributed by atoms with Gasteiger partial charge in [0.1, 0.15) is 0 Å². The highest BCUT2D eigenvalue weighted by Crippen LogP contribution is 2.09. The summed E-state index contributed by atoms with van der Waals surface area (Å²) in [5, 5.41) is 8.59. The molecule has 0 unspecified atom stereocenters. The van der Waals surface area contributed by atoms with Crippen molar-refractivity contribution < 1.29 is 19.4 Å². The molecule has 0 bridgehead atoms. The molecule has 0 radical (unpaired) electrons. The van der Waals surface area contributed by atoms with E-state index >= 15 is 0 Å². The SMILES string of the molecule is COCCCN(C)C(=O)c1cccc(C=CC(=O)O)c1. The topological polar surface area (TPSA) is 66.8 Å². The van der Waals surface area contributed by atoms with Crippen molar-refractivity contribution >= 4 is 18.0 Å². The van der Waals surface area contributed by atoms with E-state index in [4.69, 9.17) is 9.84 Å². The Kier molecular flexibility index (Phi) is 6.46. The molecule has 0 fully saturated rings. The maximum Gasteiger partial charge on any atom is 0.328 e. The number of carbonyl (C=O) groups is 2. The zero-order valence-corrected chi connectivity index (χ0v) is 11.7. The lowest BCUT2D eigenvalue weighted by atomic mass is 10.1. The van der Waals surface area contributed by atoms with Crippen molar-refractivity contribution in [3.8, 4) is 0 Å². The molecular weight excluding hydrogens is 258 g/mol. The van der Waals surface area contributed by atoms with E-state index in [1.165, 1.54) is 6.08 Å². The van der Waals surface area contributed by atoms with E-state index in [9.17, 15) is 9.59 Å². The first-order chi connectivity index (χ1) is 9.54. The van der Waals surface area contributed by atoms with Crippen LogP contribution in [0, 0.1) is 0 Å². The Bertz CT molecular complexity index is 496. The molecule has 0 atom stereocenters. The van der Waals surface area contributed by atoms with Gasteiger partial charge >= 0.3 is 5.97 Å². The Morgan fingerprint density at radius 1 is 1.40 bits per heavy atom. The lowest BCUT2D eigenvalue weighted by Crippen LogP contribution is -2.28. The second-order valence-corrected chi connectivity index (χ2v) is 4.37. The lowest BCUT2D eigenvalue weighted by Gasteiger charge is -2.17. The Morgan fingerprint density at radius 3 is 2.80 bits per heavy atom. The Morgan fingerprint density at radius 2 is 2.15 bits per heavy atom. The average molecular weight is 277 g/mol. The molecule has 0 saturated carbocycles. The summed E-state index contributed by atoms with van der Waals surface area (Å²) in [6, 6.07) is 6.88. The number of carboxylic acid groups (broad SMARTS) is 1. The van der Waals surface area contributed by atoms with Gasteiger partial charge < -0.3 is 14.7 Å². The van der Waals surface area contributed by atoms with Gasteiger partial charge in [-0.25, -0.2) is 4.79 Å². The monoisotopic (exact) mass is 277 g/mol. The minimum absolute atomic E-state index is 0.0910. The summed E-state index contributed by atoms with van der Waals surface area (Å²) in [6.07, 6.45) is 3.28. The van der Waals surface area contributed by atoms with Crippen LogP contribution >= 0.6 is 0 Å². The lowest BCUT2D eigenvalue weighted by molar-refractivity contribution is -0.131. The molecule has 0 aliphatic carbocycles. The summed E-state index contributed by atoms with van der Waals surface area (Å²) in [5.74, 6) is -1.11. The molecule has 0 heterocycles. The van der Waals surface area contributed by atoms with Crippen LogP contribution in [-0.2, 0) is 9.53 Å². The molecule has 1 N–H and O–H groups in total. The molecular formula is C15H19NO4. The predicted octanol–water partition coefficient (Wildman–Crippen LogP) is 1.89. The summed E-state index contributed by atoms with van der Waals surface area (Å²) < 4.78 is 4.95. The van der Waals surface area contributed by atoms with Crippen molar-refractivity contribution in [2.75, 3.05) is 27.3 Å².